The Hall–Kier alpha value is -1.79. The lowest BCUT2D eigenvalue weighted by atomic mass is 10.1. The van der Waals surface area contributed by atoms with Crippen LogP contribution in [0.2, 0.25) is 0 Å². The maximum absolute atomic E-state index is 10.3. The van der Waals surface area contributed by atoms with Crippen molar-refractivity contribution in [2.75, 3.05) is 0 Å². The second-order valence-electron chi connectivity index (χ2n) is 5.09. The van der Waals surface area contributed by atoms with Crippen molar-refractivity contribution in [1.29, 1.82) is 0 Å². The van der Waals surface area contributed by atoms with Crippen molar-refractivity contribution in [3.63, 3.8) is 0 Å². The summed E-state index contributed by atoms with van der Waals surface area (Å²) in [6.45, 7) is 2.16. The molecule has 0 saturated heterocycles. The topological polar surface area (TPSA) is 37.3 Å². The summed E-state index contributed by atoms with van der Waals surface area (Å²) in [5.41, 5.74) is 2.99. The first-order valence-electron chi connectivity index (χ1n) is 8.33. The molecular weight excluding hydrogens is 272 g/mol. The highest BCUT2D eigenvalue weighted by Gasteiger charge is 1.90. The van der Waals surface area contributed by atoms with E-state index >= 15 is 0 Å². The van der Waals surface area contributed by atoms with E-state index in [-0.39, 0.29) is 6.42 Å². The molecule has 0 amide bonds. The van der Waals surface area contributed by atoms with Gasteiger partial charge in [-0.3, -0.25) is 4.79 Å². The fraction of sp³-hybridized carbons (Fsp3) is 0.500. The van der Waals surface area contributed by atoms with Gasteiger partial charge in [-0.05, 0) is 63.5 Å². The van der Waals surface area contributed by atoms with Gasteiger partial charge in [-0.2, -0.15) is 0 Å². The average Bonchev–Trinajstić information content (AvgIpc) is 2.50. The van der Waals surface area contributed by atoms with Gasteiger partial charge in [0.25, 0.3) is 0 Å². The molecule has 1 N–H and O–H groups in total. The Morgan fingerprint density at radius 3 is 2.18 bits per heavy atom. The molecule has 22 heavy (non-hydrogen) atoms. The number of carbonyl (C=O) groups is 1. The van der Waals surface area contributed by atoms with Crippen molar-refractivity contribution in [2.45, 2.75) is 64.7 Å². The summed E-state index contributed by atoms with van der Waals surface area (Å²) in [6, 6.07) is 0. The molecule has 2 nitrogen and oxygen atoms in total. The van der Waals surface area contributed by atoms with E-state index in [1.54, 1.807) is 6.08 Å². The fourth-order valence-electron chi connectivity index (χ4n) is 1.79. The smallest absolute Gasteiger partial charge is 0.303 e. The normalized spacial score (nSPS) is 11.3. The van der Waals surface area contributed by atoms with Crippen molar-refractivity contribution < 1.29 is 9.90 Å². The highest BCUT2D eigenvalue weighted by Crippen LogP contribution is 2.03. The number of rotatable bonds is 13. The standard InChI is InChI=1S/C20H30O2/c1-2-3-4-5-6-7-8-9-10-11-12-13-14-15-16-17-18-19-20(21)22/h3-4,9-10,12-13,15,17H,2,5-8,11,14,18-19H2,1H3,(H,21,22). The monoisotopic (exact) mass is 302 g/mol. The molecule has 0 fully saturated rings. The second-order valence-corrected chi connectivity index (χ2v) is 5.09. The molecule has 0 aliphatic heterocycles. The number of hydrogen-bond acceptors (Lipinski definition) is 1. The Kier molecular flexibility index (Phi) is 15.9. The third-order valence-corrected chi connectivity index (χ3v) is 2.99. The summed E-state index contributed by atoms with van der Waals surface area (Å²) < 4.78 is 0. The molecule has 0 aliphatic carbocycles. The minimum Gasteiger partial charge on any atom is -0.481 e. The quantitative estimate of drug-likeness (QED) is 0.258. The Balaban J connectivity index is 3.46. The predicted octanol–water partition coefficient (Wildman–Crippen LogP) is 5.98. The fourth-order valence-corrected chi connectivity index (χ4v) is 1.79. The van der Waals surface area contributed by atoms with Gasteiger partial charge in [0.05, 0.1) is 0 Å². The van der Waals surface area contributed by atoms with E-state index in [4.69, 9.17) is 5.11 Å². The first-order chi connectivity index (χ1) is 10.8. The van der Waals surface area contributed by atoms with Gasteiger partial charge < -0.3 is 5.11 Å². The van der Waals surface area contributed by atoms with Crippen molar-refractivity contribution in [3.8, 4) is 0 Å². The van der Waals surface area contributed by atoms with E-state index in [1.807, 2.05) is 6.08 Å². The van der Waals surface area contributed by atoms with Crippen LogP contribution in [0.25, 0.3) is 0 Å². The Bertz CT molecular complexity index is 407. The zero-order chi connectivity index (χ0) is 16.3. The van der Waals surface area contributed by atoms with E-state index < -0.39 is 5.97 Å². The van der Waals surface area contributed by atoms with Gasteiger partial charge in [-0.15, -0.1) is 5.73 Å². The highest BCUT2D eigenvalue weighted by molar-refractivity contribution is 5.66. The van der Waals surface area contributed by atoms with Crippen molar-refractivity contribution in [3.05, 3.63) is 54.3 Å². The van der Waals surface area contributed by atoms with E-state index in [0.29, 0.717) is 6.42 Å². The molecule has 0 aliphatic rings. The van der Waals surface area contributed by atoms with Gasteiger partial charge in [0.1, 0.15) is 0 Å². The summed E-state index contributed by atoms with van der Waals surface area (Å²) >= 11 is 0. The van der Waals surface area contributed by atoms with Crippen molar-refractivity contribution >= 4 is 5.97 Å². The molecule has 0 bridgehead atoms. The van der Waals surface area contributed by atoms with Gasteiger partial charge in [-0.25, -0.2) is 0 Å². The van der Waals surface area contributed by atoms with Crippen molar-refractivity contribution in [1.82, 2.24) is 0 Å². The lowest BCUT2D eigenvalue weighted by Gasteiger charge is -1.92. The molecule has 0 aromatic carbocycles. The van der Waals surface area contributed by atoms with E-state index in [9.17, 15) is 4.79 Å². The van der Waals surface area contributed by atoms with Crippen LogP contribution in [0.3, 0.4) is 0 Å². The highest BCUT2D eigenvalue weighted by atomic mass is 16.4. The van der Waals surface area contributed by atoms with Crippen LogP contribution in [-0.4, -0.2) is 11.1 Å². The molecule has 0 heterocycles. The van der Waals surface area contributed by atoms with Crippen LogP contribution in [-0.2, 0) is 4.79 Å². The largest absolute Gasteiger partial charge is 0.481 e. The minimum atomic E-state index is -0.762. The Morgan fingerprint density at radius 2 is 1.50 bits per heavy atom. The Morgan fingerprint density at radius 1 is 0.864 bits per heavy atom. The molecule has 0 aromatic rings. The van der Waals surface area contributed by atoms with Gasteiger partial charge in [0, 0.05) is 6.42 Å². The molecule has 0 unspecified atom stereocenters. The third kappa shape index (κ3) is 18.2. The summed E-state index contributed by atoms with van der Waals surface area (Å²) in [5.74, 6) is -0.762. The summed E-state index contributed by atoms with van der Waals surface area (Å²) in [7, 11) is 0. The van der Waals surface area contributed by atoms with Gasteiger partial charge in [-0.1, -0.05) is 43.4 Å². The number of unbranched alkanes of at least 4 members (excludes halogenated alkanes) is 3. The molecular formula is C20H30O2. The maximum atomic E-state index is 10.3. The lowest BCUT2D eigenvalue weighted by Crippen LogP contribution is -1.91. The van der Waals surface area contributed by atoms with Crippen molar-refractivity contribution in [2.24, 2.45) is 0 Å². The van der Waals surface area contributed by atoms with Crippen LogP contribution in [0.15, 0.2) is 54.3 Å². The number of hydrogen-bond donors (Lipinski definition) is 1. The SMILES string of the molecule is CCC=CCCCCC=CCC=CCC=C=CCCC(=O)O. The van der Waals surface area contributed by atoms with Crippen LogP contribution in [0, 0.1) is 0 Å². The Labute approximate surface area is 135 Å². The molecule has 2 heteroatoms. The summed E-state index contributed by atoms with van der Waals surface area (Å²) in [4.78, 5) is 10.3. The number of carboxylic acid groups (broad SMARTS) is 1. The molecule has 0 saturated carbocycles. The third-order valence-electron chi connectivity index (χ3n) is 2.99. The summed E-state index contributed by atoms with van der Waals surface area (Å²) in [6.07, 6.45) is 25.5. The molecule has 122 valence electrons. The second kappa shape index (κ2) is 17.3. The zero-order valence-electron chi connectivity index (χ0n) is 13.8. The van der Waals surface area contributed by atoms with Crippen LogP contribution >= 0.6 is 0 Å². The molecule has 0 atom stereocenters. The predicted molar refractivity (Wildman–Crippen MR) is 94.9 cm³/mol. The number of allylic oxidation sites excluding steroid dienone is 7. The molecule has 0 rings (SSSR count). The van der Waals surface area contributed by atoms with Crippen LogP contribution in [0.1, 0.15) is 64.7 Å². The van der Waals surface area contributed by atoms with Gasteiger partial charge in [0.15, 0.2) is 0 Å². The first kappa shape index (κ1) is 20.2. The van der Waals surface area contributed by atoms with Crippen LogP contribution < -0.4 is 0 Å². The molecule has 0 aromatic heterocycles. The summed E-state index contributed by atoms with van der Waals surface area (Å²) in [5, 5.41) is 8.46. The van der Waals surface area contributed by atoms with E-state index in [2.05, 4.69) is 49.1 Å². The van der Waals surface area contributed by atoms with E-state index in [1.165, 1.54) is 25.7 Å². The molecule has 0 spiro atoms. The number of aliphatic carboxylic acids is 1. The minimum absolute atomic E-state index is 0.177. The van der Waals surface area contributed by atoms with E-state index in [0.717, 1.165) is 19.3 Å². The molecule has 0 radical (unpaired) electrons. The van der Waals surface area contributed by atoms with Gasteiger partial charge in [0.2, 0.25) is 0 Å². The van der Waals surface area contributed by atoms with Crippen LogP contribution in [0.5, 0.6) is 0 Å². The van der Waals surface area contributed by atoms with Crippen LogP contribution in [0.4, 0.5) is 0 Å². The maximum Gasteiger partial charge on any atom is 0.303 e. The first-order valence-corrected chi connectivity index (χ1v) is 8.33. The average molecular weight is 302 g/mol. The zero-order valence-corrected chi connectivity index (χ0v) is 13.8. The van der Waals surface area contributed by atoms with Gasteiger partial charge >= 0.3 is 5.97 Å². The number of carboxylic acids is 1. The lowest BCUT2D eigenvalue weighted by molar-refractivity contribution is -0.136.